The van der Waals surface area contributed by atoms with Crippen molar-refractivity contribution < 1.29 is 13.6 Å². The third kappa shape index (κ3) is 3.13. The van der Waals surface area contributed by atoms with E-state index in [2.05, 4.69) is 27.8 Å². The molecule has 0 unspecified atom stereocenters. The molecule has 0 spiro atoms. The Balaban J connectivity index is 2.87. The Hall–Kier alpha value is -1.23. The molecule has 0 bridgehead atoms. The van der Waals surface area contributed by atoms with Gasteiger partial charge in [0.25, 0.3) is 0 Å². The van der Waals surface area contributed by atoms with Gasteiger partial charge in [0.2, 0.25) is 5.91 Å². The van der Waals surface area contributed by atoms with Gasteiger partial charge in [0.15, 0.2) is 0 Å². The van der Waals surface area contributed by atoms with Crippen LogP contribution in [0.4, 0.5) is 14.5 Å². The smallest absolute Gasteiger partial charge is 0.228 e. The first-order valence-corrected chi connectivity index (χ1v) is 4.89. The van der Waals surface area contributed by atoms with Crippen LogP contribution >= 0.6 is 15.9 Å². The lowest BCUT2D eigenvalue weighted by molar-refractivity contribution is -0.115. The molecule has 0 radical (unpaired) electrons. The second-order valence-corrected chi connectivity index (χ2v) is 3.59. The van der Waals surface area contributed by atoms with Gasteiger partial charge < -0.3 is 5.32 Å². The molecule has 0 saturated carbocycles. The van der Waals surface area contributed by atoms with E-state index in [1.807, 2.05) is 0 Å². The van der Waals surface area contributed by atoms with E-state index in [0.717, 1.165) is 12.1 Å². The molecule has 1 rings (SSSR count). The maximum absolute atomic E-state index is 13.0. The average Bonchev–Trinajstić information content (AvgIpc) is 2.14. The van der Waals surface area contributed by atoms with E-state index in [-0.39, 0.29) is 22.5 Å². The van der Waals surface area contributed by atoms with Crippen LogP contribution in [0.3, 0.4) is 0 Å². The van der Waals surface area contributed by atoms with Crippen LogP contribution in [0.15, 0.2) is 29.3 Å². The zero-order chi connectivity index (χ0) is 11.4. The highest BCUT2D eigenvalue weighted by Gasteiger charge is 2.09. The topological polar surface area (TPSA) is 29.1 Å². The number of hydrogen-bond donors (Lipinski definition) is 1. The van der Waals surface area contributed by atoms with Gasteiger partial charge in [-0.1, -0.05) is 6.08 Å². The van der Waals surface area contributed by atoms with E-state index >= 15 is 0 Å². The van der Waals surface area contributed by atoms with Crippen molar-refractivity contribution >= 4 is 27.5 Å². The highest BCUT2D eigenvalue weighted by atomic mass is 79.9. The molecular weight excluding hydrogens is 268 g/mol. The largest absolute Gasteiger partial charge is 0.326 e. The second kappa shape index (κ2) is 5.02. The summed E-state index contributed by atoms with van der Waals surface area (Å²) in [5.74, 6) is -1.89. The van der Waals surface area contributed by atoms with Crippen molar-refractivity contribution in [3.05, 3.63) is 40.9 Å². The molecule has 1 amide bonds. The Bertz CT molecular complexity index is 383. The van der Waals surface area contributed by atoms with Crippen molar-refractivity contribution in [1.82, 2.24) is 0 Å². The normalized spacial score (nSPS) is 9.80. The molecule has 0 aliphatic carbocycles. The predicted molar refractivity (Wildman–Crippen MR) is 57.5 cm³/mol. The summed E-state index contributed by atoms with van der Waals surface area (Å²) in [5.41, 5.74) is 0.0834. The van der Waals surface area contributed by atoms with Crippen molar-refractivity contribution in [3.8, 4) is 0 Å². The molecule has 5 heteroatoms. The van der Waals surface area contributed by atoms with E-state index in [9.17, 15) is 13.6 Å². The summed E-state index contributed by atoms with van der Waals surface area (Å²) in [6.45, 7) is 3.38. The van der Waals surface area contributed by atoms with Crippen LogP contribution in [0.2, 0.25) is 0 Å². The molecule has 1 aromatic carbocycles. The summed E-state index contributed by atoms with van der Waals surface area (Å²) in [6.07, 6.45) is 1.50. The third-order valence-corrected chi connectivity index (χ3v) is 2.35. The van der Waals surface area contributed by atoms with Crippen molar-refractivity contribution in [1.29, 1.82) is 0 Å². The number of benzene rings is 1. The summed E-state index contributed by atoms with van der Waals surface area (Å²) >= 11 is 2.73. The van der Waals surface area contributed by atoms with Crippen LogP contribution in [-0.2, 0) is 4.79 Å². The number of anilines is 1. The molecule has 15 heavy (non-hydrogen) atoms. The van der Waals surface area contributed by atoms with E-state index in [1.54, 1.807) is 0 Å². The lowest BCUT2D eigenvalue weighted by Crippen LogP contribution is -2.10. The van der Waals surface area contributed by atoms with E-state index in [1.165, 1.54) is 6.08 Å². The standard InChI is InChI=1S/C10H8BrF2NO/c1-2-3-9(15)14-6-4-7(12)10(11)8(13)5-6/h2,4-5H,1,3H2,(H,14,15). The van der Waals surface area contributed by atoms with Crippen LogP contribution in [-0.4, -0.2) is 5.91 Å². The van der Waals surface area contributed by atoms with E-state index < -0.39 is 11.6 Å². The highest BCUT2D eigenvalue weighted by Crippen LogP contribution is 2.23. The first-order chi connectivity index (χ1) is 7.04. The summed E-state index contributed by atoms with van der Waals surface area (Å²) in [5, 5.41) is 2.34. The van der Waals surface area contributed by atoms with Gasteiger partial charge in [-0.25, -0.2) is 8.78 Å². The van der Waals surface area contributed by atoms with Gasteiger partial charge in [-0.3, -0.25) is 4.79 Å². The maximum Gasteiger partial charge on any atom is 0.228 e. The van der Waals surface area contributed by atoms with Gasteiger partial charge >= 0.3 is 0 Å². The van der Waals surface area contributed by atoms with Crippen LogP contribution in [0.25, 0.3) is 0 Å². The molecular formula is C10H8BrF2NO. The zero-order valence-electron chi connectivity index (χ0n) is 7.69. The molecule has 0 aromatic heterocycles. The van der Waals surface area contributed by atoms with E-state index in [4.69, 9.17) is 0 Å². The van der Waals surface area contributed by atoms with Gasteiger partial charge in [0.05, 0.1) is 4.47 Å². The quantitative estimate of drug-likeness (QED) is 0.666. The van der Waals surface area contributed by atoms with Crippen molar-refractivity contribution in [2.75, 3.05) is 5.32 Å². The monoisotopic (exact) mass is 275 g/mol. The number of nitrogens with one attached hydrogen (secondary N) is 1. The summed E-state index contributed by atoms with van der Waals surface area (Å²) in [7, 11) is 0. The molecule has 0 heterocycles. The molecule has 0 fully saturated rings. The Kier molecular flexibility index (Phi) is 3.96. The fourth-order valence-electron chi connectivity index (χ4n) is 0.971. The number of carbonyl (C=O) groups is 1. The van der Waals surface area contributed by atoms with Crippen molar-refractivity contribution in [2.24, 2.45) is 0 Å². The SMILES string of the molecule is C=CCC(=O)Nc1cc(F)c(Br)c(F)c1. The third-order valence-electron chi connectivity index (χ3n) is 1.60. The fourth-order valence-corrected chi connectivity index (χ4v) is 1.20. The molecule has 80 valence electrons. The first kappa shape index (κ1) is 11.8. The van der Waals surface area contributed by atoms with Crippen LogP contribution in [0.5, 0.6) is 0 Å². The molecule has 2 nitrogen and oxygen atoms in total. The Morgan fingerprint density at radius 3 is 2.47 bits per heavy atom. The minimum Gasteiger partial charge on any atom is -0.326 e. The lowest BCUT2D eigenvalue weighted by atomic mass is 10.3. The summed E-state index contributed by atoms with van der Waals surface area (Å²) in [4.78, 5) is 11.1. The predicted octanol–water partition coefficient (Wildman–Crippen LogP) is 3.24. The van der Waals surface area contributed by atoms with Gasteiger partial charge in [-0.2, -0.15) is 0 Å². The first-order valence-electron chi connectivity index (χ1n) is 4.10. The minimum atomic E-state index is -0.760. The fraction of sp³-hybridized carbons (Fsp3) is 0.100. The second-order valence-electron chi connectivity index (χ2n) is 2.79. The van der Waals surface area contributed by atoms with Gasteiger partial charge in [-0.05, 0) is 28.1 Å². The molecule has 0 atom stereocenters. The van der Waals surface area contributed by atoms with Crippen molar-refractivity contribution in [3.63, 3.8) is 0 Å². The molecule has 0 aliphatic rings. The molecule has 0 aliphatic heterocycles. The number of carbonyl (C=O) groups excluding carboxylic acids is 1. The maximum atomic E-state index is 13.0. The minimum absolute atomic E-state index is 0.0834. The van der Waals surface area contributed by atoms with Crippen LogP contribution in [0.1, 0.15) is 6.42 Å². The number of amides is 1. The van der Waals surface area contributed by atoms with Crippen LogP contribution < -0.4 is 5.32 Å². The molecule has 1 aromatic rings. The van der Waals surface area contributed by atoms with Gasteiger partial charge in [0, 0.05) is 12.1 Å². The summed E-state index contributed by atoms with van der Waals surface area (Å²) < 4.78 is 25.8. The average molecular weight is 276 g/mol. The van der Waals surface area contributed by atoms with Gasteiger partial charge in [0.1, 0.15) is 11.6 Å². The Labute approximate surface area is 94.1 Å². The number of rotatable bonds is 3. The number of halogens is 3. The van der Waals surface area contributed by atoms with E-state index in [0.29, 0.717) is 0 Å². The Morgan fingerprint density at radius 1 is 1.47 bits per heavy atom. The molecule has 1 N–H and O–H groups in total. The van der Waals surface area contributed by atoms with Gasteiger partial charge in [-0.15, -0.1) is 6.58 Å². The summed E-state index contributed by atoms with van der Waals surface area (Å²) in [6, 6.07) is 2.07. The highest BCUT2D eigenvalue weighted by molar-refractivity contribution is 9.10. The van der Waals surface area contributed by atoms with Crippen LogP contribution in [0, 0.1) is 11.6 Å². The Morgan fingerprint density at radius 2 is 2.00 bits per heavy atom. The lowest BCUT2D eigenvalue weighted by Gasteiger charge is -2.05. The zero-order valence-corrected chi connectivity index (χ0v) is 9.27. The molecule has 0 saturated heterocycles. The van der Waals surface area contributed by atoms with Crippen molar-refractivity contribution in [2.45, 2.75) is 6.42 Å². The number of hydrogen-bond acceptors (Lipinski definition) is 1.